The minimum Gasteiger partial charge on any atom is -0.396 e. The van der Waals surface area contributed by atoms with E-state index < -0.39 is 0 Å². The lowest BCUT2D eigenvalue weighted by Crippen LogP contribution is -1.96. The molecule has 51 heavy (non-hydrogen) atoms. The number of aryl methyl sites for hydroxylation is 3. The number of pyridine rings is 1. The van der Waals surface area contributed by atoms with E-state index in [1.807, 2.05) is 6.07 Å². The molecule has 2 N–H and O–H groups in total. The molecule has 1 aromatic heterocycles. The second-order valence-corrected chi connectivity index (χ2v) is 13.9. The summed E-state index contributed by atoms with van der Waals surface area (Å²) in [4.78, 5) is 5.10. The zero-order valence-corrected chi connectivity index (χ0v) is 29.2. The maximum atomic E-state index is 6.74. The van der Waals surface area contributed by atoms with Crippen LogP contribution in [0.3, 0.4) is 0 Å². The highest BCUT2D eigenvalue weighted by molar-refractivity contribution is 6.28. The van der Waals surface area contributed by atoms with E-state index in [2.05, 4.69) is 166 Å². The van der Waals surface area contributed by atoms with Gasteiger partial charge in [-0.25, -0.2) is 4.98 Å². The van der Waals surface area contributed by atoms with Gasteiger partial charge in [0.15, 0.2) is 0 Å². The van der Waals surface area contributed by atoms with E-state index in [0.29, 0.717) is 5.69 Å². The maximum Gasteiger partial charge on any atom is 0.0944 e. The van der Waals surface area contributed by atoms with Gasteiger partial charge in [0, 0.05) is 10.9 Å². The number of rotatable bonds is 6. The van der Waals surface area contributed by atoms with Gasteiger partial charge in [-0.2, -0.15) is 0 Å². The van der Waals surface area contributed by atoms with E-state index in [9.17, 15) is 0 Å². The number of nitrogens with two attached hydrogens (primary N) is 1. The molecular weight excluding hydrogens is 617 g/mol. The third kappa shape index (κ3) is 5.32. The summed E-state index contributed by atoms with van der Waals surface area (Å²) in [7, 11) is 0. The summed E-state index contributed by atoms with van der Waals surface area (Å²) in [5.74, 6) is 0. The van der Waals surface area contributed by atoms with Crippen LogP contribution in [0.1, 0.15) is 27.8 Å². The van der Waals surface area contributed by atoms with E-state index >= 15 is 0 Å². The van der Waals surface area contributed by atoms with Crippen LogP contribution in [0.2, 0.25) is 0 Å². The van der Waals surface area contributed by atoms with Crippen molar-refractivity contribution in [2.45, 2.75) is 27.2 Å². The first-order chi connectivity index (χ1) is 24.9. The zero-order valence-electron chi connectivity index (χ0n) is 29.2. The monoisotopic (exact) mass is 654 g/mol. The summed E-state index contributed by atoms with van der Waals surface area (Å²) in [6.07, 6.45) is 5.13. The molecule has 9 aromatic rings. The van der Waals surface area contributed by atoms with Crippen molar-refractivity contribution in [3.05, 3.63) is 173 Å². The van der Waals surface area contributed by atoms with Gasteiger partial charge in [0.25, 0.3) is 0 Å². The van der Waals surface area contributed by atoms with Gasteiger partial charge in [-0.05, 0) is 116 Å². The molecule has 0 atom stereocenters. The molecule has 0 spiro atoms. The standard InChI is InChI=1S/C49H38N2/c1-30-27-31(2)45(32(3)28-30)43-29-42(40-24-21-36-12-8-13-37-22-25-41(43)47(40)46(36)37)34-15-17-35(18-16-34)44-26-23-39-20-19-38(48(50)49(39)51-44)14-7-11-33-9-5-4-6-10-33/h4-10,12-29H,11,50H2,1-3H3/b14-7-. The molecule has 0 aliphatic carbocycles. The van der Waals surface area contributed by atoms with Gasteiger partial charge >= 0.3 is 0 Å². The molecule has 2 nitrogen and oxygen atoms in total. The van der Waals surface area contributed by atoms with Crippen LogP contribution < -0.4 is 5.73 Å². The third-order valence-corrected chi connectivity index (χ3v) is 10.5. The molecule has 0 aliphatic heterocycles. The Morgan fingerprint density at radius 1 is 0.569 bits per heavy atom. The fourth-order valence-corrected chi connectivity index (χ4v) is 8.17. The van der Waals surface area contributed by atoms with E-state index in [1.165, 1.54) is 76.8 Å². The van der Waals surface area contributed by atoms with Crippen LogP contribution in [0, 0.1) is 20.8 Å². The Bertz CT molecular complexity index is 2750. The number of nitrogens with zero attached hydrogens (tertiary/aromatic N) is 1. The molecule has 0 aliphatic rings. The largest absolute Gasteiger partial charge is 0.396 e. The molecule has 0 unspecified atom stereocenters. The van der Waals surface area contributed by atoms with Gasteiger partial charge < -0.3 is 5.73 Å². The van der Waals surface area contributed by atoms with Crippen molar-refractivity contribution in [2.75, 3.05) is 5.73 Å². The van der Waals surface area contributed by atoms with Crippen molar-refractivity contribution in [3.63, 3.8) is 0 Å². The summed E-state index contributed by atoms with van der Waals surface area (Å²) in [6, 6.07) is 50.6. The molecule has 2 heteroatoms. The minimum atomic E-state index is 0.707. The maximum absolute atomic E-state index is 6.74. The van der Waals surface area contributed by atoms with Crippen molar-refractivity contribution in [1.82, 2.24) is 4.98 Å². The van der Waals surface area contributed by atoms with E-state index in [0.717, 1.165) is 34.1 Å². The van der Waals surface area contributed by atoms with Gasteiger partial charge in [-0.3, -0.25) is 0 Å². The normalized spacial score (nSPS) is 11.9. The van der Waals surface area contributed by atoms with Crippen LogP contribution in [0.5, 0.6) is 0 Å². The van der Waals surface area contributed by atoms with Gasteiger partial charge in [0.1, 0.15) is 0 Å². The first kappa shape index (κ1) is 30.8. The summed E-state index contributed by atoms with van der Waals surface area (Å²) in [5.41, 5.74) is 21.5. The van der Waals surface area contributed by atoms with Gasteiger partial charge in [0.2, 0.25) is 0 Å². The molecule has 0 bridgehead atoms. The van der Waals surface area contributed by atoms with Crippen molar-refractivity contribution in [3.8, 4) is 33.5 Å². The number of hydrogen-bond acceptors (Lipinski definition) is 2. The Morgan fingerprint density at radius 2 is 1.22 bits per heavy atom. The lowest BCUT2D eigenvalue weighted by molar-refractivity contribution is 1.28. The zero-order chi connectivity index (χ0) is 34.6. The van der Waals surface area contributed by atoms with Crippen molar-refractivity contribution in [2.24, 2.45) is 0 Å². The number of fused-ring (bicyclic) bond motifs is 1. The van der Waals surface area contributed by atoms with Gasteiger partial charge in [-0.15, -0.1) is 0 Å². The first-order valence-corrected chi connectivity index (χ1v) is 17.7. The molecule has 0 fully saturated rings. The average Bonchev–Trinajstić information content (AvgIpc) is 3.15. The number of anilines is 1. The molecule has 8 aromatic carbocycles. The Labute approximate surface area is 298 Å². The Kier molecular flexibility index (Phi) is 7.40. The van der Waals surface area contributed by atoms with Gasteiger partial charge in [-0.1, -0.05) is 145 Å². The number of nitrogen functional groups attached to an aromatic ring is 1. The molecule has 0 saturated carbocycles. The highest BCUT2D eigenvalue weighted by Crippen LogP contribution is 2.45. The Balaban J connectivity index is 1.15. The van der Waals surface area contributed by atoms with E-state index in [1.54, 1.807) is 0 Å². The summed E-state index contributed by atoms with van der Waals surface area (Å²) in [6.45, 7) is 6.67. The smallest absolute Gasteiger partial charge is 0.0944 e. The Hall–Kier alpha value is -6.25. The second kappa shape index (κ2) is 12.3. The molecule has 0 saturated heterocycles. The van der Waals surface area contributed by atoms with E-state index in [4.69, 9.17) is 10.7 Å². The highest BCUT2D eigenvalue weighted by Gasteiger charge is 2.19. The van der Waals surface area contributed by atoms with E-state index in [-0.39, 0.29) is 0 Å². The fraction of sp³-hybridized carbons (Fsp3) is 0.0816. The van der Waals surface area contributed by atoms with Crippen LogP contribution in [-0.2, 0) is 6.42 Å². The quantitative estimate of drug-likeness (QED) is 0.143. The molecule has 1 heterocycles. The topological polar surface area (TPSA) is 38.9 Å². The number of aromatic nitrogens is 1. The minimum absolute atomic E-state index is 0.707. The number of allylic oxidation sites excluding steroid dienone is 1. The van der Waals surface area contributed by atoms with Crippen molar-refractivity contribution >= 4 is 55.0 Å². The average molecular weight is 655 g/mol. The predicted octanol–water partition coefficient (Wildman–Crippen LogP) is 12.9. The summed E-state index contributed by atoms with van der Waals surface area (Å²) >= 11 is 0. The Morgan fingerprint density at radius 3 is 1.94 bits per heavy atom. The molecule has 9 rings (SSSR count). The first-order valence-electron chi connectivity index (χ1n) is 17.7. The lowest BCUT2D eigenvalue weighted by atomic mass is 9.83. The molecule has 0 amide bonds. The lowest BCUT2D eigenvalue weighted by Gasteiger charge is -2.20. The summed E-state index contributed by atoms with van der Waals surface area (Å²) in [5, 5.41) is 8.84. The van der Waals surface area contributed by atoms with Gasteiger partial charge in [0.05, 0.1) is 16.9 Å². The van der Waals surface area contributed by atoms with Crippen LogP contribution in [0.25, 0.3) is 82.8 Å². The SMILES string of the molecule is Cc1cc(C)c(-c2cc(-c3ccc(-c4ccc5ccc(/C=C\Cc6ccccc6)c(N)c5n4)cc3)c3ccc4cccc5ccc2c3c45)c(C)c1. The molecular formula is C49H38N2. The van der Waals surface area contributed by atoms with Crippen molar-refractivity contribution < 1.29 is 0 Å². The summed E-state index contributed by atoms with van der Waals surface area (Å²) < 4.78 is 0. The second-order valence-electron chi connectivity index (χ2n) is 13.9. The van der Waals surface area contributed by atoms with Crippen LogP contribution in [0.4, 0.5) is 5.69 Å². The van der Waals surface area contributed by atoms with Crippen LogP contribution in [0.15, 0.2) is 146 Å². The highest BCUT2D eigenvalue weighted by atomic mass is 14.7. The molecule has 0 radical (unpaired) electrons. The van der Waals surface area contributed by atoms with Crippen LogP contribution in [-0.4, -0.2) is 4.98 Å². The molecule has 244 valence electrons. The fourth-order valence-electron chi connectivity index (χ4n) is 8.17. The van der Waals surface area contributed by atoms with Crippen LogP contribution >= 0.6 is 0 Å². The van der Waals surface area contributed by atoms with Crippen molar-refractivity contribution in [1.29, 1.82) is 0 Å². The number of benzene rings is 8. The third-order valence-electron chi connectivity index (χ3n) is 10.5. The predicted molar refractivity (Wildman–Crippen MR) is 220 cm³/mol. The number of hydrogen-bond donors (Lipinski definition) is 1.